The maximum absolute atomic E-state index is 12.6. The second-order valence-corrected chi connectivity index (χ2v) is 11.4. The molecule has 1 unspecified atom stereocenters. The van der Waals surface area contributed by atoms with Gasteiger partial charge in [-0.15, -0.1) is 0 Å². The van der Waals surface area contributed by atoms with Crippen LogP contribution < -0.4 is 5.32 Å². The summed E-state index contributed by atoms with van der Waals surface area (Å²) in [5, 5.41) is 23.3. The smallest absolute Gasteiger partial charge is 0.328 e. The Morgan fingerprint density at radius 2 is 1.81 bits per heavy atom. The van der Waals surface area contributed by atoms with Gasteiger partial charge in [-0.05, 0) is 94.0 Å². The molecule has 0 aromatic rings. The molecule has 200 valence electrons. The molecule has 0 spiro atoms. The number of rotatable bonds is 7. The van der Waals surface area contributed by atoms with Crippen LogP contribution in [0.3, 0.4) is 0 Å². The van der Waals surface area contributed by atoms with E-state index in [1.54, 1.807) is 0 Å². The number of fused-ring (bicyclic) bond motifs is 5. The number of carbonyl (C=O) groups excluding carboxylic acids is 1. The van der Waals surface area contributed by atoms with Crippen LogP contribution in [0, 0.1) is 34.5 Å². The van der Waals surface area contributed by atoms with E-state index in [1.807, 2.05) is 7.05 Å². The Bertz CT molecular complexity index is 911. The molecule has 8 heteroatoms. The van der Waals surface area contributed by atoms with Crippen molar-refractivity contribution in [1.29, 1.82) is 0 Å². The Morgan fingerprint density at radius 3 is 2.44 bits per heavy atom. The lowest BCUT2D eigenvalue weighted by molar-refractivity contribution is -0.134. The molecule has 0 aliphatic heterocycles. The average molecular weight is 503 g/mol. The number of oxime groups is 1. The van der Waals surface area contributed by atoms with Gasteiger partial charge < -0.3 is 20.4 Å². The van der Waals surface area contributed by atoms with Gasteiger partial charge >= 0.3 is 11.9 Å². The molecule has 0 bridgehead atoms. The molecule has 0 aromatic carbocycles. The van der Waals surface area contributed by atoms with Gasteiger partial charge in [0.25, 0.3) is 0 Å². The first-order chi connectivity index (χ1) is 17.0. The summed E-state index contributed by atoms with van der Waals surface area (Å²) in [6.45, 7) is 11.0. The molecule has 4 rings (SSSR count). The van der Waals surface area contributed by atoms with Crippen molar-refractivity contribution in [2.75, 3.05) is 20.2 Å². The first-order valence-electron chi connectivity index (χ1n) is 13.2. The third-order valence-electron chi connectivity index (χ3n) is 9.40. The summed E-state index contributed by atoms with van der Waals surface area (Å²) in [4.78, 5) is 37.3. The van der Waals surface area contributed by atoms with E-state index in [9.17, 15) is 14.4 Å². The zero-order valence-electron chi connectivity index (χ0n) is 21.9. The van der Waals surface area contributed by atoms with Crippen LogP contribution in [0.25, 0.3) is 0 Å². The molecule has 4 saturated carbocycles. The zero-order valence-corrected chi connectivity index (χ0v) is 21.9. The van der Waals surface area contributed by atoms with Crippen molar-refractivity contribution in [3.63, 3.8) is 0 Å². The molecule has 4 aliphatic carbocycles. The summed E-state index contributed by atoms with van der Waals surface area (Å²) in [7, 11) is 1.96. The highest BCUT2D eigenvalue weighted by Crippen LogP contribution is 2.66. The number of allylic oxidation sites excluding steroid dienone is 1. The highest BCUT2D eigenvalue weighted by Gasteiger charge is 2.60. The summed E-state index contributed by atoms with van der Waals surface area (Å²) in [6, 6.07) is 0. The number of carboxylic acid groups (broad SMARTS) is 2. The maximum atomic E-state index is 12.6. The molecule has 4 fully saturated rings. The fourth-order valence-electron chi connectivity index (χ4n) is 7.50. The molecule has 3 N–H and O–H groups in total. The van der Waals surface area contributed by atoms with Crippen LogP contribution in [-0.4, -0.2) is 53.8 Å². The van der Waals surface area contributed by atoms with Crippen LogP contribution in [0.2, 0.25) is 0 Å². The van der Waals surface area contributed by atoms with Crippen LogP contribution in [-0.2, 0) is 19.2 Å². The van der Waals surface area contributed by atoms with Crippen LogP contribution in [0.15, 0.2) is 29.5 Å². The van der Waals surface area contributed by atoms with Crippen molar-refractivity contribution in [2.45, 2.75) is 71.6 Å². The van der Waals surface area contributed by atoms with Gasteiger partial charge in [0, 0.05) is 24.0 Å². The van der Waals surface area contributed by atoms with Gasteiger partial charge in [-0.3, -0.25) is 4.79 Å². The second kappa shape index (κ2) is 11.7. The van der Waals surface area contributed by atoms with Gasteiger partial charge in [0.05, 0.1) is 5.71 Å². The molecule has 6 atom stereocenters. The van der Waals surface area contributed by atoms with E-state index in [-0.39, 0.29) is 5.41 Å². The Kier molecular flexibility index (Phi) is 9.14. The van der Waals surface area contributed by atoms with E-state index < -0.39 is 11.9 Å². The summed E-state index contributed by atoms with van der Waals surface area (Å²) in [5.41, 5.74) is 2.91. The quantitative estimate of drug-likeness (QED) is 0.203. The number of ketones is 1. The molecule has 36 heavy (non-hydrogen) atoms. The minimum absolute atomic E-state index is 0.0485. The Balaban J connectivity index is 0.000000392. The molecule has 0 radical (unpaired) electrons. The summed E-state index contributed by atoms with van der Waals surface area (Å²) in [5.74, 6) is 0.532. The Labute approximate surface area is 214 Å². The van der Waals surface area contributed by atoms with Gasteiger partial charge in [-0.25, -0.2) is 9.59 Å². The number of carbonyl (C=O) groups is 3. The number of nitrogens with zero attached hydrogens (tertiary/aromatic N) is 1. The minimum Gasteiger partial charge on any atom is -0.478 e. The predicted molar refractivity (Wildman–Crippen MR) is 138 cm³/mol. The number of Topliss-reactive ketones (excluding diaryl/α,β-unsaturated/α-hetero) is 1. The number of aliphatic carboxylic acids is 2. The predicted octanol–water partition coefficient (Wildman–Crippen LogP) is 4.46. The number of nitrogens with one attached hydrogen (secondary N) is 1. The molecule has 8 nitrogen and oxygen atoms in total. The van der Waals surface area contributed by atoms with Crippen LogP contribution in [0.1, 0.15) is 71.6 Å². The van der Waals surface area contributed by atoms with E-state index >= 15 is 0 Å². The van der Waals surface area contributed by atoms with Crippen molar-refractivity contribution in [1.82, 2.24) is 5.32 Å². The van der Waals surface area contributed by atoms with Gasteiger partial charge in [-0.2, -0.15) is 0 Å². The van der Waals surface area contributed by atoms with Crippen LogP contribution >= 0.6 is 0 Å². The van der Waals surface area contributed by atoms with Crippen LogP contribution in [0.5, 0.6) is 0 Å². The molecule has 0 aromatic heterocycles. The van der Waals surface area contributed by atoms with E-state index in [0.29, 0.717) is 47.7 Å². The standard InChI is InChI=1S/C24H38N2O2.C4H4O4/c1-16-14-18-19-6-7-22(27)24(19,3)11-9-20(18)23(2)10-8-17(15-21(16)23)26-28-13-5-12-25-4;5-3(6)1-2-4(7)8/h18-21,25H,1,5-15H2,2-4H3;1-2H,(H,5,6)(H,7,8)/b;2-1+/t18-,19-,20-,21?,23+,24-;/m0./s1. The average Bonchev–Trinajstić information content (AvgIpc) is 3.13. The number of carboxylic acids is 2. The lowest BCUT2D eigenvalue weighted by Crippen LogP contribution is -2.54. The lowest BCUT2D eigenvalue weighted by atomic mass is 9.44. The van der Waals surface area contributed by atoms with Crippen molar-refractivity contribution in [3.8, 4) is 0 Å². The molecular weight excluding hydrogens is 460 g/mol. The Morgan fingerprint density at radius 1 is 1.11 bits per heavy atom. The van der Waals surface area contributed by atoms with E-state index in [0.717, 1.165) is 57.4 Å². The van der Waals surface area contributed by atoms with E-state index in [4.69, 9.17) is 15.1 Å². The van der Waals surface area contributed by atoms with Crippen LogP contribution in [0.4, 0.5) is 0 Å². The number of hydrogen-bond donors (Lipinski definition) is 3. The highest BCUT2D eigenvalue weighted by molar-refractivity contribution is 5.89. The van der Waals surface area contributed by atoms with Crippen molar-refractivity contribution < 1.29 is 29.4 Å². The third-order valence-corrected chi connectivity index (χ3v) is 9.40. The summed E-state index contributed by atoms with van der Waals surface area (Å²) in [6.07, 6.45) is 10.7. The lowest BCUT2D eigenvalue weighted by Gasteiger charge is -2.60. The Hall–Kier alpha value is -2.48. The molecule has 0 heterocycles. The number of hydrogen-bond acceptors (Lipinski definition) is 6. The van der Waals surface area contributed by atoms with Crippen molar-refractivity contribution >= 4 is 23.4 Å². The van der Waals surface area contributed by atoms with Crippen molar-refractivity contribution in [3.05, 3.63) is 24.3 Å². The molecule has 0 amide bonds. The van der Waals surface area contributed by atoms with Gasteiger partial charge in [-0.1, -0.05) is 31.2 Å². The first kappa shape index (κ1) is 28.1. The topological polar surface area (TPSA) is 125 Å². The monoisotopic (exact) mass is 502 g/mol. The maximum Gasteiger partial charge on any atom is 0.328 e. The highest BCUT2D eigenvalue weighted by atomic mass is 16.6. The van der Waals surface area contributed by atoms with E-state index in [1.165, 1.54) is 24.1 Å². The van der Waals surface area contributed by atoms with E-state index in [2.05, 4.69) is 30.9 Å². The van der Waals surface area contributed by atoms with Gasteiger partial charge in [0.15, 0.2) is 0 Å². The third kappa shape index (κ3) is 5.90. The molecular formula is C28H42N2O6. The van der Waals surface area contributed by atoms with Crippen molar-refractivity contribution in [2.24, 2.45) is 39.7 Å². The summed E-state index contributed by atoms with van der Waals surface area (Å²) >= 11 is 0. The first-order valence-corrected chi connectivity index (χ1v) is 13.2. The second-order valence-electron chi connectivity index (χ2n) is 11.4. The minimum atomic E-state index is -1.26. The fraction of sp³-hybridized carbons (Fsp3) is 0.714. The SMILES string of the molecule is C=C1C[C@@H]2[C@H](CC[C@]3(C)C(=O)CC[C@@H]23)[C@@]2(C)CCC(=NOCCCNC)CC12.O=C(O)/C=C/C(=O)O. The zero-order chi connectivity index (χ0) is 26.5. The summed E-state index contributed by atoms with van der Waals surface area (Å²) < 4.78 is 0. The fourth-order valence-corrected chi connectivity index (χ4v) is 7.50. The van der Waals surface area contributed by atoms with Gasteiger partial charge in [0.1, 0.15) is 12.4 Å². The van der Waals surface area contributed by atoms with Gasteiger partial charge in [0.2, 0.25) is 0 Å². The normalized spacial score (nSPS) is 36.5. The molecule has 4 aliphatic rings. The molecule has 0 saturated heterocycles. The largest absolute Gasteiger partial charge is 0.478 e.